The summed E-state index contributed by atoms with van der Waals surface area (Å²) in [5, 5.41) is 93.6. The third kappa shape index (κ3) is 9.12. The highest BCUT2D eigenvalue weighted by Crippen LogP contribution is 2.49. The van der Waals surface area contributed by atoms with Crippen molar-refractivity contribution in [3.63, 3.8) is 0 Å². The van der Waals surface area contributed by atoms with Crippen molar-refractivity contribution < 1.29 is 26.3 Å². The lowest BCUT2D eigenvalue weighted by atomic mass is 9.91. The molecule has 410 valence electrons. The first-order valence-electron chi connectivity index (χ1n) is 26.3. The summed E-state index contributed by atoms with van der Waals surface area (Å²) in [4.78, 5) is 0. The first kappa shape index (κ1) is 55.3. The minimum absolute atomic E-state index is 0.141. The molecule has 12 aromatic rings. The van der Waals surface area contributed by atoms with Crippen LogP contribution < -0.4 is 0 Å². The molecule has 11 nitrogen and oxygen atoms in total. The van der Waals surface area contributed by atoms with Crippen LogP contribution in [0.3, 0.4) is 0 Å². The van der Waals surface area contributed by atoms with E-state index in [1.165, 1.54) is 48.5 Å². The van der Waals surface area contributed by atoms with E-state index in [0.717, 1.165) is 12.1 Å². The lowest BCUT2D eigenvalue weighted by Crippen LogP contribution is -2.15. The number of alkyl halides is 6. The third-order valence-corrected chi connectivity index (χ3v) is 15.5. The number of nitrogens with zero attached hydrogens (tertiary/aromatic N) is 11. The second-order valence-electron chi connectivity index (χ2n) is 20.3. The average molecular weight is 1150 g/mol. The molecular formula is C71H29F6N11. The normalized spacial score (nSPS) is 11.2. The largest absolute Gasteiger partial charge is 0.417 e. The van der Waals surface area contributed by atoms with Crippen molar-refractivity contribution in [3.05, 3.63) is 237 Å². The highest BCUT2D eigenvalue weighted by molar-refractivity contribution is 6.14. The zero-order valence-corrected chi connectivity index (χ0v) is 44.9. The van der Waals surface area contributed by atoms with Crippen LogP contribution in [0.15, 0.2) is 176 Å². The maximum Gasteiger partial charge on any atom is 0.417 e. The summed E-state index contributed by atoms with van der Waals surface area (Å²) < 4.78 is 96.4. The highest BCUT2D eigenvalue weighted by Gasteiger charge is 2.42. The number of halogens is 6. The van der Waals surface area contributed by atoms with Crippen molar-refractivity contribution in [2.45, 2.75) is 12.4 Å². The summed E-state index contributed by atoms with van der Waals surface area (Å²) in [6.07, 6.45) is -10.7. The lowest BCUT2D eigenvalue weighted by molar-refractivity contribution is -0.142. The number of nitriles is 9. The fraction of sp³-hybridized carbons (Fsp3) is 0.0282. The molecule has 0 N–H and O–H groups in total. The summed E-state index contributed by atoms with van der Waals surface area (Å²) in [5.41, 5.74) is 0.346. The quantitative estimate of drug-likeness (QED) is 0.138. The molecule has 0 saturated carbocycles. The van der Waals surface area contributed by atoms with Crippen LogP contribution in [-0.4, -0.2) is 9.13 Å². The van der Waals surface area contributed by atoms with Crippen LogP contribution in [0.2, 0.25) is 0 Å². The number of hydrogen-bond donors (Lipinski definition) is 0. The maximum absolute atomic E-state index is 15.6. The van der Waals surface area contributed by atoms with Gasteiger partial charge in [0.15, 0.2) is 0 Å². The fourth-order valence-corrected chi connectivity index (χ4v) is 11.6. The summed E-state index contributed by atoms with van der Waals surface area (Å²) >= 11 is 0. The predicted octanol–water partition coefficient (Wildman–Crippen LogP) is 17.1. The van der Waals surface area contributed by atoms with Crippen LogP contribution in [-0.2, 0) is 12.4 Å². The zero-order chi connectivity index (χ0) is 61.9. The smallest absolute Gasteiger partial charge is 0.308 e. The Morgan fingerprint density at radius 2 is 0.568 bits per heavy atom. The van der Waals surface area contributed by atoms with E-state index in [2.05, 4.69) is 30.3 Å². The van der Waals surface area contributed by atoms with Gasteiger partial charge in [0.1, 0.15) is 11.6 Å². The van der Waals surface area contributed by atoms with Gasteiger partial charge in [-0.15, -0.1) is 0 Å². The van der Waals surface area contributed by atoms with Crippen LogP contribution in [0.5, 0.6) is 0 Å². The van der Waals surface area contributed by atoms with E-state index in [1.807, 2.05) is 24.3 Å². The third-order valence-electron chi connectivity index (χ3n) is 15.5. The van der Waals surface area contributed by atoms with Gasteiger partial charge in [-0.25, -0.2) is 0 Å². The van der Waals surface area contributed by atoms with E-state index in [0.29, 0.717) is 84.3 Å². The average Bonchev–Trinajstić information content (AvgIpc) is 1.57. The van der Waals surface area contributed by atoms with Gasteiger partial charge in [0.2, 0.25) is 0 Å². The number of fused-ring (bicyclic) bond motifs is 6. The van der Waals surface area contributed by atoms with Crippen molar-refractivity contribution in [1.29, 1.82) is 47.4 Å². The predicted molar refractivity (Wildman–Crippen MR) is 315 cm³/mol. The Hall–Kier alpha value is -13.2. The van der Waals surface area contributed by atoms with Gasteiger partial charge in [-0.05, 0) is 171 Å². The van der Waals surface area contributed by atoms with Crippen LogP contribution in [0.4, 0.5) is 26.3 Å². The minimum atomic E-state index is -5.37. The number of rotatable bonds is 7. The topological polar surface area (TPSA) is 224 Å². The Balaban J connectivity index is 1.24. The van der Waals surface area contributed by atoms with Crippen LogP contribution in [0, 0.1) is 102 Å². The molecule has 0 spiro atoms. The molecular weight excluding hydrogens is 1120 g/mol. The van der Waals surface area contributed by atoms with Gasteiger partial charge >= 0.3 is 12.4 Å². The molecule has 0 atom stereocenters. The van der Waals surface area contributed by atoms with E-state index in [-0.39, 0.29) is 83.5 Å². The fourth-order valence-electron chi connectivity index (χ4n) is 11.6. The molecule has 0 aliphatic heterocycles. The van der Waals surface area contributed by atoms with Gasteiger partial charge in [-0.3, -0.25) is 0 Å². The second-order valence-corrected chi connectivity index (χ2v) is 20.3. The Bertz CT molecular complexity index is 4910. The number of benzene rings is 10. The van der Waals surface area contributed by atoms with Gasteiger partial charge < -0.3 is 9.13 Å². The molecule has 0 aliphatic rings. The zero-order valence-electron chi connectivity index (χ0n) is 44.9. The lowest BCUT2D eigenvalue weighted by Gasteiger charge is -2.22. The Morgan fingerprint density at radius 3 is 0.807 bits per heavy atom. The van der Waals surface area contributed by atoms with Gasteiger partial charge in [0, 0.05) is 27.1 Å². The second kappa shape index (κ2) is 21.2. The van der Waals surface area contributed by atoms with E-state index < -0.39 is 34.6 Å². The van der Waals surface area contributed by atoms with Gasteiger partial charge in [0.05, 0.1) is 138 Å². The van der Waals surface area contributed by atoms with Gasteiger partial charge in [-0.1, -0.05) is 54.6 Å². The highest BCUT2D eigenvalue weighted by atomic mass is 19.4. The van der Waals surface area contributed by atoms with Gasteiger partial charge in [0.25, 0.3) is 0 Å². The molecule has 0 radical (unpaired) electrons. The van der Waals surface area contributed by atoms with Crippen LogP contribution in [0.25, 0.3) is 111 Å². The molecule has 0 saturated heterocycles. The van der Waals surface area contributed by atoms with Crippen molar-refractivity contribution in [1.82, 2.24) is 9.13 Å². The molecule has 0 unspecified atom stereocenters. The standard InChI is InChI=1S/C71H29F6N11/c72-70(73,74)61-2-1-3-62(71(75,76)77)69(61)47-28-67(87-63-16-8-43(52-12-4-39(30-78)20-48(52)34-82)24-56(63)57-25-44(9-17-64(57)87)53-13-5-40(31-79)21-49(53)35-83)60(38-86)68(29-47)88-65-18-10-45(54-14-6-41(32-80)22-50(54)36-84)26-58(65)59-27-46(11-19-66(59)88)55-15-7-42(33-81)23-51(55)37-85/h1-29H. The Kier molecular flexibility index (Phi) is 13.3. The summed E-state index contributed by atoms with van der Waals surface area (Å²) in [7, 11) is 0. The molecule has 88 heavy (non-hydrogen) atoms. The molecule has 2 heterocycles. The van der Waals surface area contributed by atoms with Crippen molar-refractivity contribution >= 4 is 43.6 Å². The molecule has 0 bridgehead atoms. The Labute approximate surface area is 495 Å². The first-order chi connectivity index (χ1) is 42.5. The molecule has 12 rings (SSSR count). The summed E-state index contributed by atoms with van der Waals surface area (Å²) in [6, 6.07) is 61.0. The molecule has 0 fully saturated rings. The van der Waals surface area contributed by atoms with E-state index in [9.17, 15) is 47.4 Å². The molecule has 0 amide bonds. The monoisotopic (exact) mass is 1150 g/mol. The van der Waals surface area contributed by atoms with Crippen molar-refractivity contribution in [2.24, 2.45) is 0 Å². The maximum atomic E-state index is 15.6. The van der Waals surface area contributed by atoms with Crippen LogP contribution in [0.1, 0.15) is 61.2 Å². The number of hydrogen-bond acceptors (Lipinski definition) is 9. The Morgan fingerprint density at radius 1 is 0.284 bits per heavy atom. The molecule has 2 aromatic heterocycles. The molecule has 10 aromatic carbocycles. The van der Waals surface area contributed by atoms with Crippen molar-refractivity contribution in [2.75, 3.05) is 0 Å². The molecule has 17 heteroatoms. The first-order valence-corrected chi connectivity index (χ1v) is 26.3. The van der Waals surface area contributed by atoms with Gasteiger partial charge in [-0.2, -0.15) is 73.7 Å². The number of aromatic nitrogens is 2. The summed E-state index contributed by atoms with van der Waals surface area (Å²) in [5.74, 6) is 0. The van der Waals surface area contributed by atoms with Crippen LogP contribution >= 0.6 is 0 Å². The SMILES string of the molecule is N#Cc1ccc(-c2ccc3c(c2)c2cc(-c4ccc(C#N)cc4C#N)ccc2n3-c2cc(-c3c(C(F)(F)F)cccc3C(F)(F)F)cc(-n3c4ccc(-c5ccc(C#N)cc5C#N)cc4c4cc(-c5ccc(C#N)cc5C#N)ccc43)c2C#N)c(C#N)c1. The van der Waals surface area contributed by atoms with E-state index in [4.69, 9.17) is 0 Å². The van der Waals surface area contributed by atoms with E-state index >= 15 is 26.3 Å². The summed E-state index contributed by atoms with van der Waals surface area (Å²) in [6.45, 7) is 0. The molecule has 0 aliphatic carbocycles. The van der Waals surface area contributed by atoms with Crippen molar-refractivity contribution in [3.8, 4) is 122 Å². The minimum Gasteiger partial charge on any atom is -0.308 e. The van der Waals surface area contributed by atoms with E-state index in [1.54, 1.807) is 106 Å².